The first-order valence-electron chi connectivity index (χ1n) is 4.88. The minimum atomic E-state index is -0.958. The van der Waals surface area contributed by atoms with E-state index in [9.17, 15) is 9.90 Å². The number of para-hydroxylation sites is 1. The number of rotatable bonds is 2. The highest BCUT2D eigenvalue weighted by molar-refractivity contribution is 5.87. The maximum atomic E-state index is 10.6. The number of nitrogens with zero attached hydrogens (tertiary/aromatic N) is 1. The van der Waals surface area contributed by atoms with Gasteiger partial charge in [-0.05, 0) is 18.6 Å². The number of fused-ring (bicyclic) bond motifs is 1. The Hall–Kier alpha value is -2.10. The first-order valence-corrected chi connectivity index (χ1v) is 4.88. The highest BCUT2D eigenvalue weighted by Crippen LogP contribution is 2.26. The summed E-state index contributed by atoms with van der Waals surface area (Å²) in [7, 11) is 0. The largest absolute Gasteiger partial charge is 0.507 e. The Morgan fingerprint density at radius 3 is 2.88 bits per heavy atom. The Balaban J connectivity index is 2.65. The first kappa shape index (κ1) is 10.4. The summed E-state index contributed by atoms with van der Waals surface area (Å²) in [6, 6.07) is 6.86. The monoisotopic (exact) mass is 217 g/mol. The lowest BCUT2D eigenvalue weighted by Gasteiger charge is -2.05. The van der Waals surface area contributed by atoms with Gasteiger partial charge < -0.3 is 10.2 Å². The lowest BCUT2D eigenvalue weighted by Crippen LogP contribution is -2.02. The van der Waals surface area contributed by atoms with Crippen molar-refractivity contribution >= 4 is 16.9 Å². The van der Waals surface area contributed by atoms with Gasteiger partial charge in [0.25, 0.3) is 0 Å². The molecule has 1 aromatic heterocycles. The predicted molar refractivity (Wildman–Crippen MR) is 59.5 cm³/mol. The van der Waals surface area contributed by atoms with Gasteiger partial charge in [-0.1, -0.05) is 12.1 Å². The SMILES string of the molecule is Cc1cccc2c(O)cc(CC(=O)O)nc12. The molecule has 0 spiro atoms. The number of hydrogen-bond acceptors (Lipinski definition) is 3. The fourth-order valence-electron chi connectivity index (χ4n) is 1.67. The third-order valence-corrected chi connectivity index (χ3v) is 2.40. The van der Waals surface area contributed by atoms with Gasteiger partial charge in [-0.25, -0.2) is 0 Å². The number of carboxylic acid groups (broad SMARTS) is 1. The topological polar surface area (TPSA) is 70.4 Å². The van der Waals surface area contributed by atoms with Crippen molar-refractivity contribution in [1.29, 1.82) is 0 Å². The molecule has 4 heteroatoms. The van der Waals surface area contributed by atoms with Gasteiger partial charge in [0.15, 0.2) is 0 Å². The second-order valence-electron chi connectivity index (χ2n) is 3.67. The zero-order valence-electron chi connectivity index (χ0n) is 8.77. The number of benzene rings is 1. The summed E-state index contributed by atoms with van der Waals surface area (Å²) in [5.41, 5.74) is 1.94. The summed E-state index contributed by atoms with van der Waals surface area (Å²) >= 11 is 0. The van der Waals surface area contributed by atoms with E-state index in [1.807, 2.05) is 19.1 Å². The summed E-state index contributed by atoms with van der Waals surface area (Å²) in [6.45, 7) is 1.87. The van der Waals surface area contributed by atoms with Crippen molar-refractivity contribution in [2.45, 2.75) is 13.3 Å². The van der Waals surface area contributed by atoms with E-state index in [1.165, 1.54) is 6.07 Å². The predicted octanol–water partition coefficient (Wildman–Crippen LogP) is 1.88. The number of pyridine rings is 1. The van der Waals surface area contributed by atoms with Gasteiger partial charge in [-0.3, -0.25) is 9.78 Å². The average molecular weight is 217 g/mol. The highest BCUT2D eigenvalue weighted by Gasteiger charge is 2.08. The second kappa shape index (κ2) is 3.81. The third kappa shape index (κ3) is 1.82. The molecule has 82 valence electrons. The molecule has 0 atom stereocenters. The van der Waals surface area contributed by atoms with Gasteiger partial charge in [0.2, 0.25) is 0 Å². The van der Waals surface area contributed by atoms with Gasteiger partial charge in [-0.15, -0.1) is 0 Å². The molecule has 0 aliphatic carbocycles. The van der Waals surface area contributed by atoms with E-state index in [0.29, 0.717) is 16.6 Å². The van der Waals surface area contributed by atoms with Crippen LogP contribution in [0.2, 0.25) is 0 Å². The molecular weight excluding hydrogens is 206 g/mol. The highest BCUT2D eigenvalue weighted by atomic mass is 16.4. The molecule has 0 amide bonds. The molecular formula is C12H11NO3. The molecule has 0 radical (unpaired) electrons. The van der Waals surface area contributed by atoms with Crippen LogP contribution in [0, 0.1) is 6.92 Å². The molecule has 0 bridgehead atoms. The standard InChI is InChI=1S/C12H11NO3/c1-7-3-2-4-9-10(14)5-8(6-11(15)16)13-12(7)9/h2-5H,6H2,1H3,(H,13,14)(H,15,16). The summed E-state index contributed by atoms with van der Waals surface area (Å²) in [5.74, 6) is -0.884. The molecule has 16 heavy (non-hydrogen) atoms. The van der Waals surface area contributed by atoms with E-state index < -0.39 is 5.97 Å². The fraction of sp³-hybridized carbons (Fsp3) is 0.167. The first-order chi connectivity index (χ1) is 7.58. The maximum Gasteiger partial charge on any atom is 0.309 e. The lowest BCUT2D eigenvalue weighted by molar-refractivity contribution is -0.136. The molecule has 4 nitrogen and oxygen atoms in total. The number of aromatic hydroxyl groups is 1. The van der Waals surface area contributed by atoms with E-state index in [4.69, 9.17) is 5.11 Å². The van der Waals surface area contributed by atoms with Crippen LogP contribution in [0.1, 0.15) is 11.3 Å². The van der Waals surface area contributed by atoms with Crippen LogP contribution < -0.4 is 0 Å². The average Bonchev–Trinajstić information content (AvgIpc) is 2.19. The number of aromatic nitrogens is 1. The summed E-state index contributed by atoms with van der Waals surface area (Å²) < 4.78 is 0. The Bertz CT molecular complexity index is 563. The number of aliphatic carboxylic acids is 1. The van der Waals surface area contributed by atoms with Gasteiger partial charge >= 0.3 is 5.97 Å². The molecule has 0 aliphatic heterocycles. The minimum Gasteiger partial charge on any atom is -0.507 e. The van der Waals surface area contributed by atoms with E-state index in [1.54, 1.807) is 6.07 Å². The van der Waals surface area contributed by atoms with Crippen LogP contribution >= 0.6 is 0 Å². The number of carbonyl (C=O) groups is 1. The fourth-order valence-corrected chi connectivity index (χ4v) is 1.67. The number of aryl methyl sites for hydroxylation is 1. The molecule has 0 aliphatic rings. The van der Waals surface area contributed by atoms with Crippen molar-refractivity contribution in [3.63, 3.8) is 0 Å². The van der Waals surface area contributed by atoms with Crippen LogP contribution in [-0.2, 0) is 11.2 Å². The Morgan fingerprint density at radius 1 is 1.44 bits per heavy atom. The Morgan fingerprint density at radius 2 is 2.19 bits per heavy atom. The second-order valence-corrected chi connectivity index (χ2v) is 3.67. The van der Waals surface area contributed by atoms with Gasteiger partial charge in [-0.2, -0.15) is 0 Å². The minimum absolute atomic E-state index is 0.0740. The van der Waals surface area contributed by atoms with E-state index >= 15 is 0 Å². The van der Waals surface area contributed by atoms with Crippen molar-refractivity contribution in [3.05, 3.63) is 35.5 Å². The van der Waals surface area contributed by atoms with Crippen LogP contribution in [0.3, 0.4) is 0 Å². The van der Waals surface area contributed by atoms with Gasteiger partial charge in [0.05, 0.1) is 17.6 Å². The molecule has 0 saturated heterocycles. The van der Waals surface area contributed by atoms with Crippen LogP contribution in [0.5, 0.6) is 5.75 Å². The Labute approximate surface area is 92.2 Å². The molecule has 2 aromatic rings. The molecule has 2 N–H and O–H groups in total. The molecule has 0 saturated carbocycles. The normalized spacial score (nSPS) is 10.6. The summed E-state index contributed by atoms with van der Waals surface area (Å²) in [5, 5.41) is 19.1. The smallest absolute Gasteiger partial charge is 0.309 e. The van der Waals surface area contributed by atoms with Crippen LogP contribution in [-0.4, -0.2) is 21.2 Å². The van der Waals surface area contributed by atoms with Crippen molar-refractivity contribution in [2.75, 3.05) is 0 Å². The van der Waals surface area contributed by atoms with E-state index in [0.717, 1.165) is 5.56 Å². The number of carboxylic acids is 1. The molecule has 0 unspecified atom stereocenters. The van der Waals surface area contributed by atoms with Crippen LogP contribution in [0.4, 0.5) is 0 Å². The van der Waals surface area contributed by atoms with Gasteiger partial charge in [0.1, 0.15) is 5.75 Å². The van der Waals surface area contributed by atoms with Gasteiger partial charge in [0, 0.05) is 11.5 Å². The zero-order valence-corrected chi connectivity index (χ0v) is 8.77. The number of hydrogen-bond donors (Lipinski definition) is 2. The summed E-state index contributed by atoms with van der Waals surface area (Å²) in [4.78, 5) is 14.8. The molecule has 0 fully saturated rings. The maximum absolute atomic E-state index is 10.6. The van der Waals surface area contributed by atoms with E-state index in [2.05, 4.69) is 4.98 Å². The van der Waals surface area contributed by atoms with Crippen molar-refractivity contribution in [1.82, 2.24) is 4.98 Å². The van der Waals surface area contributed by atoms with Crippen LogP contribution in [0.25, 0.3) is 10.9 Å². The molecule has 1 heterocycles. The third-order valence-electron chi connectivity index (χ3n) is 2.40. The van der Waals surface area contributed by atoms with Crippen molar-refractivity contribution in [3.8, 4) is 5.75 Å². The zero-order chi connectivity index (χ0) is 11.7. The molecule has 1 aromatic carbocycles. The lowest BCUT2D eigenvalue weighted by atomic mass is 10.1. The van der Waals surface area contributed by atoms with E-state index in [-0.39, 0.29) is 12.2 Å². The van der Waals surface area contributed by atoms with Crippen molar-refractivity contribution < 1.29 is 15.0 Å². The quantitative estimate of drug-likeness (QED) is 0.805. The summed E-state index contributed by atoms with van der Waals surface area (Å²) in [6.07, 6.45) is -0.183. The van der Waals surface area contributed by atoms with Crippen molar-refractivity contribution in [2.24, 2.45) is 0 Å². The van der Waals surface area contributed by atoms with Crippen LogP contribution in [0.15, 0.2) is 24.3 Å². The Kier molecular flexibility index (Phi) is 2.48. The molecule has 2 rings (SSSR count).